The number of hydrogen-bond acceptors (Lipinski definition) is 7. The van der Waals surface area contributed by atoms with Crippen LogP contribution in [0.4, 0.5) is 10.5 Å². The van der Waals surface area contributed by atoms with Crippen molar-refractivity contribution in [3.63, 3.8) is 0 Å². The second kappa shape index (κ2) is 9.56. The van der Waals surface area contributed by atoms with Gasteiger partial charge in [0, 0.05) is 23.2 Å². The van der Waals surface area contributed by atoms with E-state index in [2.05, 4.69) is 20.6 Å². The van der Waals surface area contributed by atoms with E-state index in [0.717, 1.165) is 16.8 Å². The number of benzene rings is 2. The number of carbonyl (C=O) groups is 2. The van der Waals surface area contributed by atoms with E-state index in [1.807, 2.05) is 36.4 Å². The lowest BCUT2D eigenvalue weighted by molar-refractivity contribution is 0.102. The number of anilines is 1. The number of carbonyl (C=O) groups excluding carboxylic acids is 2. The Balaban J connectivity index is 1.58. The second-order valence-electron chi connectivity index (χ2n) is 6.81. The van der Waals surface area contributed by atoms with Gasteiger partial charge in [-0.3, -0.25) is 14.7 Å². The van der Waals surface area contributed by atoms with Gasteiger partial charge in [0.15, 0.2) is 11.5 Å². The number of thioether (sulfide) groups is 1. The largest absolute Gasteiger partial charge is 0.493 e. The Bertz CT molecular complexity index is 1160. The van der Waals surface area contributed by atoms with Crippen LogP contribution in [0, 0.1) is 0 Å². The SMILES string of the molecule is COc1ccc(C2=NN(Cc3ccccc3NC(=O)c3ccn[nH]3)C(=O)SC2)cc1OC. The van der Waals surface area contributed by atoms with Gasteiger partial charge in [-0.2, -0.15) is 10.2 Å². The third-order valence-electron chi connectivity index (χ3n) is 4.83. The summed E-state index contributed by atoms with van der Waals surface area (Å²) >= 11 is 1.17. The van der Waals surface area contributed by atoms with Crippen LogP contribution in [0.2, 0.25) is 0 Å². The molecule has 0 unspecified atom stereocenters. The van der Waals surface area contributed by atoms with Crippen LogP contribution in [0.3, 0.4) is 0 Å². The number of nitrogens with one attached hydrogen (secondary N) is 2. The van der Waals surface area contributed by atoms with E-state index in [0.29, 0.717) is 28.6 Å². The molecule has 4 rings (SSSR count). The van der Waals surface area contributed by atoms with Crippen molar-refractivity contribution in [2.75, 3.05) is 25.3 Å². The molecule has 1 aliphatic heterocycles. The summed E-state index contributed by atoms with van der Waals surface area (Å²) in [6.45, 7) is 0.210. The molecular formula is C22H21N5O4S. The predicted molar refractivity (Wildman–Crippen MR) is 122 cm³/mol. The summed E-state index contributed by atoms with van der Waals surface area (Å²) in [5.74, 6) is 1.34. The fraction of sp³-hybridized carbons (Fsp3) is 0.182. The first-order valence-electron chi connectivity index (χ1n) is 9.72. The van der Waals surface area contributed by atoms with Gasteiger partial charge in [-0.1, -0.05) is 30.0 Å². The van der Waals surface area contributed by atoms with Crippen LogP contribution in [-0.4, -0.2) is 52.0 Å². The highest BCUT2D eigenvalue weighted by atomic mass is 32.2. The molecule has 0 radical (unpaired) electrons. The van der Waals surface area contributed by atoms with Crippen molar-refractivity contribution in [3.05, 3.63) is 71.5 Å². The molecule has 32 heavy (non-hydrogen) atoms. The number of hydrazone groups is 1. The zero-order chi connectivity index (χ0) is 22.5. The normalized spacial score (nSPS) is 13.5. The van der Waals surface area contributed by atoms with Gasteiger partial charge in [0.1, 0.15) is 5.69 Å². The van der Waals surface area contributed by atoms with Crippen LogP contribution >= 0.6 is 11.8 Å². The van der Waals surface area contributed by atoms with Crippen molar-refractivity contribution in [2.45, 2.75) is 6.54 Å². The highest BCUT2D eigenvalue weighted by Gasteiger charge is 2.24. The Morgan fingerprint density at radius 1 is 1.16 bits per heavy atom. The topological polar surface area (TPSA) is 109 Å². The van der Waals surface area contributed by atoms with E-state index in [-0.39, 0.29) is 17.7 Å². The number of H-pyrrole nitrogens is 1. The second-order valence-corrected chi connectivity index (χ2v) is 7.74. The van der Waals surface area contributed by atoms with E-state index in [4.69, 9.17) is 9.47 Å². The fourth-order valence-corrected chi connectivity index (χ4v) is 3.93. The van der Waals surface area contributed by atoms with Crippen LogP contribution in [-0.2, 0) is 6.54 Å². The number of nitrogens with zero attached hydrogens (tertiary/aromatic N) is 3. The number of rotatable bonds is 7. The minimum Gasteiger partial charge on any atom is -0.493 e. The van der Waals surface area contributed by atoms with Crippen molar-refractivity contribution in [2.24, 2.45) is 5.10 Å². The van der Waals surface area contributed by atoms with Crippen molar-refractivity contribution in [3.8, 4) is 11.5 Å². The molecule has 2 amide bonds. The molecule has 0 aliphatic carbocycles. The summed E-state index contributed by atoms with van der Waals surface area (Å²) in [4.78, 5) is 25.0. The molecule has 9 nitrogen and oxygen atoms in total. The van der Waals surface area contributed by atoms with E-state index in [9.17, 15) is 9.59 Å². The van der Waals surface area contributed by atoms with Gasteiger partial charge in [0.05, 0.1) is 26.5 Å². The molecule has 0 spiro atoms. The molecular weight excluding hydrogens is 430 g/mol. The molecule has 0 bridgehead atoms. The molecule has 2 heterocycles. The fourth-order valence-electron chi connectivity index (χ4n) is 3.19. The summed E-state index contributed by atoms with van der Waals surface area (Å²) < 4.78 is 10.7. The molecule has 3 aromatic rings. The van der Waals surface area contributed by atoms with Crippen molar-refractivity contribution in [1.29, 1.82) is 0 Å². The smallest absolute Gasteiger partial charge is 0.302 e. The van der Waals surface area contributed by atoms with Gasteiger partial charge in [0.2, 0.25) is 0 Å². The van der Waals surface area contributed by atoms with Crippen molar-refractivity contribution in [1.82, 2.24) is 15.2 Å². The average Bonchev–Trinajstić information content (AvgIpc) is 3.36. The predicted octanol–water partition coefficient (Wildman–Crippen LogP) is 3.75. The Morgan fingerprint density at radius 2 is 1.97 bits per heavy atom. The molecule has 0 saturated carbocycles. The minimum atomic E-state index is -0.316. The van der Waals surface area contributed by atoms with E-state index in [1.165, 1.54) is 23.0 Å². The molecule has 164 valence electrons. The van der Waals surface area contributed by atoms with Gasteiger partial charge in [-0.25, -0.2) is 5.01 Å². The number of amides is 2. The molecule has 0 saturated heterocycles. The summed E-state index contributed by atoms with van der Waals surface area (Å²) in [5, 5.41) is 15.1. The Labute approximate surface area is 188 Å². The van der Waals surface area contributed by atoms with Crippen LogP contribution in [0.1, 0.15) is 21.6 Å². The lowest BCUT2D eigenvalue weighted by atomic mass is 10.1. The Hall–Kier alpha value is -3.79. The summed E-state index contributed by atoms with van der Waals surface area (Å²) in [7, 11) is 3.15. The van der Waals surface area contributed by atoms with Gasteiger partial charge >= 0.3 is 5.24 Å². The van der Waals surface area contributed by atoms with E-state index < -0.39 is 0 Å². The van der Waals surface area contributed by atoms with Crippen LogP contribution in [0.25, 0.3) is 0 Å². The van der Waals surface area contributed by atoms with Gasteiger partial charge < -0.3 is 14.8 Å². The highest BCUT2D eigenvalue weighted by molar-refractivity contribution is 8.14. The number of methoxy groups -OCH3 is 2. The van der Waals surface area contributed by atoms with Gasteiger partial charge in [-0.15, -0.1) is 0 Å². The third-order valence-corrected chi connectivity index (χ3v) is 5.71. The average molecular weight is 452 g/mol. The van der Waals surface area contributed by atoms with Crippen molar-refractivity contribution < 1.29 is 19.1 Å². The quantitative estimate of drug-likeness (QED) is 0.566. The Kier molecular flexibility index (Phi) is 6.41. The number of para-hydroxylation sites is 1. The summed E-state index contributed by atoms with van der Waals surface area (Å²) in [6.07, 6.45) is 1.51. The molecule has 2 N–H and O–H groups in total. The summed E-state index contributed by atoms with van der Waals surface area (Å²) in [6, 6.07) is 14.4. The molecule has 2 aromatic carbocycles. The van der Waals surface area contributed by atoms with Crippen molar-refractivity contribution >= 4 is 34.3 Å². The standard InChI is InChI=1S/C22H21N5O4S/c1-30-19-8-7-14(11-20(19)31-2)18-13-32-22(29)27(26-18)12-15-5-3-4-6-16(15)24-21(28)17-9-10-23-25-17/h3-11H,12-13H2,1-2H3,(H,23,25)(H,24,28). The molecule has 0 atom stereocenters. The number of aromatic amines is 1. The minimum absolute atomic E-state index is 0.163. The van der Waals surface area contributed by atoms with Gasteiger partial charge in [0.25, 0.3) is 5.91 Å². The summed E-state index contributed by atoms with van der Waals surface area (Å²) in [5.41, 5.74) is 3.28. The molecule has 10 heteroatoms. The lowest BCUT2D eigenvalue weighted by Gasteiger charge is -2.24. The molecule has 1 aromatic heterocycles. The maximum Gasteiger partial charge on any atom is 0.302 e. The highest BCUT2D eigenvalue weighted by Crippen LogP contribution is 2.30. The Morgan fingerprint density at radius 3 is 2.72 bits per heavy atom. The maximum atomic E-state index is 12.6. The zero-order valence-corrected chi connectivity index (χ0v) is 18.3. The van der Waals surface area contributed by atoms with Gasteiger partial charge in [-0.05, 0) is 35.9 Å². The maximum absolute atomic E-state index is 12.6. The number of ether oxygens (including phenoxy) is 2. The number of hydrogen-bond donors (Lipinski definition) is 2. The van der Waals surface area contributed by atoms with Crippen LogP contribution in [0.15, 0.2) is 59.8 Å². The monoisotopic (exact) mass is 451 g/mol. The van der Waals surface area contributed by atoms with Crippen LogP contribution in [0.5, 0.6) is 11.5 Å². The van der Waals surface area contributed by atoms with E-state index in [1.54, 1.807) is 26.4 Å². The van der Waals surface area contributed by atoms with Crippen LogP contribution < -0.4 is 14.8 Å². The first-order chi connectivity index (χ1) is 15.6. The third kappa shape index (κ3) is 4.59. The van der Waals surface area contributed by atoms with E-state index >= 15 is 0 Å². The molecule has 1 aliphatic rings. The lowest BCUT2D eigenvalue weighted by Crippen LogP contribution is -2.30. The number of aromatic nitrogens is 2. The first-order valence-corrected chi connectivity index (χ1v) is 10.7. The molecule has 0 fully saturated rings. The first kappa shape index (κ1) is 21.4. The zero-order valence-electron chi connectivity index (χ0n) is 17.5.